The van der Waals surface area contributed by atoms with Gasteiger partial charge in [0.15, 0.2) is 5.96 Å². The molecular weight excluding hydrogens is 539 g/mol. The normalized spacial score (nSPS) is 17.3. The summed E-state index contributed by atoms with van der Waals surface area (Å²) in [7, 11) is 1.83. The maximum atomic E-state index is 12.7. The van der Waals surface area contributed by atoms with Crippen LogP contribution in [0, 0.1) is 5.92 Å². The molecule has 2 aliphatic rings. The molecule has 1 aromatic carbocycles. The number of nitrogens with one attached hydrogen (secondary N) is 1. The molecule has 8 heteroatoms. The molecule has 0 aliphatic carbocycles. The van der Waals surface area contributed by atoms with E-state index in [1.54, 1.807) is 0 Å². The number of hydrogen-bond donors (Lipinski definition) is 1. The number of amides is 1. The fourth-order valence-corrected chi connectivity index (χ4v) is 4.79. The Labute approximate surface area is 220 Å². The Balaban J connectivity index is 0.00000324. The summed E-state index contributed by atoms with van der Waals surface area (Å²) < 4.78 is 0. The first-order valence-corrected chi connectivity index (χ1v) is 12.2. The lowest BCUT2D eigenvalue weighted by molar-refractivity contribution is -0.131. The van der Waals surface area contributed by atoms with Crippen LogP contribution >= 0.6 is 24.0 Å². The second kappa shape index (κ2) is 13.5. The van der Waals surface area contributed by atoms with E-state index in [1.807, 2.05) is 36.3 Å². The number of carbonyl (C=O) groups is 1. The summed E-state index contributed by atoms with van der Waals surface area (Å²) in [5.41, 5.74) is 1.43. The van der Waals surface area contributed by atoms with Gasteiger partial charge in [0.2, 0.25) is 5.91 Å². The summed E-state index contributed by atoms with van der Waals surface area (Å²) >= 11 is 0. The van der Waals surface area contributed by atoms with Crippen molar-refractivity contribution in [3.05, 3.63) is 60.3 Å². The molecule has 7 nitrogen and oxygen atoms in total. The van der Waals surface area contributed by atoms with E-state index in [1.165, 1.54) is 18.4 Å². The van der Waals surface area contributed by atoms with E-state index >= 15 is 0 Å². The third-order valence-electron chi connectivity index (χ3n) is 6.72. The van der Waals surface area contributed by atoms with Gasteiger partial charge in [-0.25, -0.2) is 4.98 Å². The van der Waals surface area contributed by atoms with Crippen LogP contribution < -0.4 is 10.2 Å². The van der Waals surface area contributed by atoms with E-state index < -0.39 is 0 Å². The Morgan fingerprint density at radius 2 is 1.68 bits per heavy atom. The smallest absolute Gasteiger partial charge is 0.224 e. The summed E-state index contributed by atoms with van der Waals surface area (Å²) in [5.74, 6) is 2.84. The first-order chi connectivity index (χ1) is 16.2. The summed E-state index contributed by atoms with van der Waals surface area (Å²) in [6, 6.07) is 16.7. The molecule has 34 heavy (non-hydrogen) atoms. The van der Waals surface area contributed by atoms with Gasteiger partial charge >= 0.3 is 0 Å². The molecule has 0 unspecified atom stereocenters. The molecule has 3 heterocycles. The first-order valence-electron chi connectivity index (χ1n) is 12.2. The topological polar surface area (TPSA) is 64.1 Å². The molecule has 0 bridgehead atoms. The number of benzene rings is 1. The Bertz CT molecular complexity index is 894. The molecule has 2 fully saturated rings. The van der Waals surface area contributed by atoms with Crippen LogP contribution in [0.5, 0.6) is 0 Å². The predicted octanol–water partition coefficient (Wildman–Crippen LogP) is 3.27. The van der Waals surface area contributed by atoms with Crippen LogP contribution in [0.4, 0.5) is 5.82 Å². The molecule has 0 spiro atoms. The van der Waals surface area contributed by atoms with Gasteiger partial charge in [-0.15, -0.1) is 24.0 Å². The van der Waals surface area contributed by atoms with Gasteiger partial charge in [0.1, 0.15) is 5.82 Å². The minimum atomic E-state index is 0. The number of carbonyl (C=O) groups excluding carboxylic acids is 1. The van der Waals surface area contributed by atoms with Crippen LogP contribution in [-0.4, -0.2) is 79.5 Å². The lowest BCUT2D eigenvalue weighted by atomic mass is 9.90. The van der Waals surface area contributed by atoms with Crippen molar-refractivity contribution in [3.63, 3.8) is 0 Å². The van der Waals surface area contributed by atoms with Crippen LogP contribution in [0.3, 0.4) is 0 Å². The largest absolute Gasteiger partial charge is 0.356 e. The van der Waals surface area contributed by atoms with Crippen LogP contribution in [0.25, 0.3) is 0 Å². The number of aromatic nitrogens is 1. The lowest BCUT2D eigenvalue weighted by Gasteiger charge is -2.36. The van der Waals surface area contributed by atoms with E-state index in [2.05, 4.69) is 55.4 Å². The molecule has 1 N–H and O–H groups in total. The number of rotatable bonds is 6. The van der Waals surface area contributed by atoms with Crippen LogP contribution in [0.1, 0.15) is 24.8 Å². The van der Waals surface area contributed by atoms with Crippen molar-refractivity contribution in [1.82, 2.24) is 20.1 Å². The molecule has 0 atom stereocenters. The van der Waals surface area contributed by atoms with Crippen molar-refractivity contribution in [3.8, 4) is 0 Å². The highest BCUT2D eigenvalue weighted by molar-refractivity contribution is 14.0. The average molecular weight is 577 g/mol. The zero-order valence-corrected chi connectivity index (χ0v) is 22.4. The number of aliphatic imine (C=N–C) groups is 1. The quantitative estimate of drug-likeness (QED) is 0.325. The van der Waals surface area contributed by atoms with Crippen LogP contribution in [-0.2, 0) is 11.2 Å². The maximum Gasteiger partial charge on any atom is 0.224 e. The fourth-order valence-electron chi connectivity index (χ4n) is 4.79. The number of likely N-dealkylation sites (tertiary alicyclic amines) is 1. The molecular formula is C26H37IN6O. The van der Waals surface area contributed by atoms with Crippen molar-refractivity contribution in [1.29, 1.82) is 0 Å². The molecule has 0 saturated carbocycles. The second-order valence-corrected chi connectivity index (χ2v) is 8.90. The van der Waals surface area contributed by atoms with Gasteiger partial charge < -0.3 is 20.0 Å². The van der Waals surface area contributed by atoms with E-state index in [0.717, 1.165) is 63.4 Å². The number of anilines is 1. The minimum absolute atomic E-state index is 0. The Kier molecular flexibility index (Phi) is 10.4. The maximum absolute atomic E-state index is 12.7. The fraction of sp³-hybridized carbons (Fsp3) is 0.500. The average Bonchev–Trinajstić information content (AvgIpc) is 2.88. The molecule has 184 valence electrons. The minimum Gasteiger partial charge on any atom is -0.356 e. The standard InChI is InChI=1S/C26H36N6O.HI/c1-27-26(32-15-11-23(12-16-32)21-22-7-3-2-4-8-22)29-14-10-25(33)31-19-17-30(18-20-31)24-9-5-6-13-28-24;/h2-9,13,23H,10-12,14-21H2,1H3,(H,27,29);1H. The molecule has 2 aliphatic heterocycles. The summed E-state index contributed by atoms with van der Waals surface area (Å²) in [5, 5.41) is 3.42. The highest BCUT2D eigenvalue weighted by Crippen LogP contribution is 2.21. The van der Waals surface area contributed by atoms with Crippen LogP contribution in [0.2, 0.25) is 0 Å². The summed E-state index contributed by atoms with van der Waals surface area (Å²) in [4.78, 5) is 28.1. The van der Waals surface area contributed by atoms with Crippen molar-refractivity contribution in [2.24, 2.45) is 10.9 Å². The third kappa shape index (κ3) is 7.32. The number of halogens is 1. The number of hydrogen-bond acceptors (Lipinski definition) is 4. The van der Waals surface area contributed by atoms with Gasteiger partial charge in [-0.1, -0.05) is 36.4 Å². The van der Waals surface area contributed by atoms with Gasteiger partial charge in [-0.05, 0) is 42.9 Å². The summed E-state index contributed by atoms with van der Waals surface area (Å²) in [6.07, 6.45) is 5.82. The monoisotopic (exact) mass is 576 g/mol. The van der Waals surface area contributed by atoms with Crippen molar-refractivity contribution >= 4 is 41.7 Å². The lowest BCUT2D eigenvalue weighted by Crippen LogP contribution is -2.50. The SMILES string of the molecule is CN=C(NCCC(=O)N1CCN(c2ccccn2)CC1)N1CCC(Cc2ccccc2)CC1.I. The second-order valence-electron chi connectivity index (χ2n) is 8.90. The van der Waals surface area contributed by atoms with Gasteiger partial charge in [-0.3, -0.25) is 9.79 Å². The number of nitrogens with zero attached hydrogens (tertiary/aromatic N) is 5. The van der Waals surface area contributed by atoms with E-state index in [9.17, 15) is 4.79 Å². The molecule has 1 aromatic heterocycles. The molecule has 2 saturated heterocycles. The number of piperidine rings is 1. The Hall–Kier alpha value is -2.36. The Morgan fingerprint density at radius 3 is 2.32 bits per heavy atom. The molecule has 4 rings (SSSR count). The first kappa shape index (κ1) is 26.2. The van der Waals surface area contributed by atoms with Gasteiger partial charge in [-0.2, -0.15) is 0 Å². The molecule has 1 amide bonds. The van der Waals surface area contributed by atoms with E-state index in [-0.39, 0.29) is 29.9 Å². The van der Waals surface area contributed by atoms with E-state index in [0.29, 0.717) is 13.0 Å². The summed E-state index contributed by atoms with van der Waals surface area (Å²) in [6.45, 7) is 5.81. The van der Waals surface area contributed by atoms with E-state index in [4.69, 9.17) is 0 Å². The number of piperazine rings is 1. The van der Waals surface area contributed by atoms with Crippen molar-refractivity contribution in [2.75, 3.05) is 57.8 Å². The third-order valence-corrected chi connectivity index (χ3v) is 6.72. The van der Waals surface area contributed by atoms with Gasteiger partial charge in [0.05, 0.1) is 0 Å². The Morgan fingerprint density at radius 1 is 0.971 bits per heavy atom. The number of guanidine groups is 1. The van der Waals surface area contributed by atoms with Crippen molar-refractivity contribution < 1.29 is 4.79 Å². The zero-order chi connectivity index (χ0) is 22.9. The number of pyridine rings is 1. The van der Waals surface area contributed by atoms with Gasteiger partial charge in [0.25, 0.3) is 0 Å². The molecule has 0 radical (unpaired) electrons. The highest BCUT2D eigenvalue weighted by atomic mass is 127. The predicted molar refractivity (Wildman–Crippen MR) is 149 cm³/mol. The van der Waals surface area contributed by atoms with Crippen LogP contribution in [0.15, 0.2) is 59.7 Å². The highest BCUT2D eigenvalue weighted by Gasteiger charge is 2.23. The van der Waals surface area contributed by atoms with Crippen molar-refractivity contribution in [2.45, 2.75) is 25.7 Å². The zero-order valence-electron chi connectivity index (χ0n) is 20.1. The van der Waals surface area contributed by atoms with Gasteiger partial charge in [0, 0.05) is 65.5 Å². The molecule has 2 aromatic rings.